The van der Waals surface area contributed by atoms with Crippen LogP contribution in [-0.4, -0.2) is 62.5 Å². The molecule has 0 aromatic rings. The first kappa shape index (κ1) is 14.4. The highest BCUT2D eigenvalue weighted by Crippen LogP contribution is 2.08. The zero-order valence-corrected chi connectivity index (χ0v) is 10.9. The smallest absolute Gasteiger partial charge is 0.224 e. The second-order valence-electron chi connectivity index (χ2n) is 4.93. The molecule has 0 rings (SSSR count). The first-order valence-corrected chi connectivity index (χ1v) is 5.36. The van der Waals surface area contributed by atoms with Gasteiger partial charge in [0.05, 0.1) is 0 Å². The van der Waals surface area contributed by atoms with E-state index in [4.69, 9.17) is 0 Å². The Kier molecular flexibility index (Phi) is 5.83. The van der Waals surface area contributed by atoms with Crippen molar-refractivity contribution >= 4 is 5.91 Å². The van der Waals surface area contributed by atoms with Crippen molar-refractivity contribution in [2.24, 2.45) is 0 Å². The van der Waals surface area contributed by atoms with Crippen LogP contribution in [0.4, 0.5) is 0 Å². The van der Waals surface area contributed by atoms with E-state index in [0.29, 0.717) is 6.42 Å². The fraction of sp³-hybridized carbons (Fsp3) is 0.909. The summed E-state index contributed by atoms with van der Waals surface area (Å²) >= 11 is 0. The standard InChI is InChI=1S/C11H25N3O/c1-11(2,12-3)9-10(15)14(6)8-7-13(4)5/h12H,7-9H2,1-6H3. The minimum Gasteiger partial charge on any atom is -0.344 e. The van der Waals surface area contributed by atoms with Gasteiger partial charge in [-0.15, -0.1) is 0 Å². The molecule has 90 valence electrons. The number of hydrogen-bond donors (Lipinski definition) is 1. The third kappa shape index (κ3) is 6.47. The van der Waals surface area contributed by atoms with Crippen LogP contribution in [0.1, 0.15) is 20.3 Å². The molecular weight excluding hydrogens is 190 g/mol. The van der Waals surface area contributed by atoms with E-state index in [2.05, 4.69) is 10.2 Å². The van der Waals surface area contributed by atoms with Gasteiger partial charge in [0.25, 0.3) is 0 Å². The number of hydrogen-bond acceptors (Lipinski definition) is 3. The van der Waals surface area contributed by atoms with Crippen molar-refractivity contribution in [1.82, 2.24) is 15.1 Å². The van der Waals surface area contributed by atoms with E-state index in [9.17, 15) is 4.79 Å². The zero-order chi connectivity index (χ0) is 12.1. The first-order valence-electron chi connectivity index (χ1n) is 5.36. The summed E-state index contributed by atoms with van der Waals surface area (Å²) in [5.41, 5.74) is -0.122. The molecule has 0 bridgehead atoms. The Balaban J connectivity index is 3.99. The predicted octanol–water partition coefficient (Wildman–Crippen LogP) is 0.395. The predicted molar refractivity (Wildman–Crippen MR) is 63.9 cm³/mol. The quantitative estimate of drug-likeness (QED) is 0.696. The summed E-state index contributed by atoms with van der Waals surface area (Å²) < 4.78 is 0. The van der Waals surface area contributed by atoms with Gasteiger partial charge in [0.2, 0.25) is 5.91 Å². The van der Waals surface area contributed by atoms with Crippen molar-refractivity contribution < 1.29 is 4.79 Å². The van der Waals surface area contributed by atoms with E-state index >= 15 is 0 Å². The Morgan fingerprint density at radius 3 is 2.13 bits per heavy atom. The van der Waals surface area contributed by atoms with Crippen LogP contribution in [-0.2, 0) is 4.79 Å². The summed E-state index contributed by atoms with van der Waals surface area (Å²) in [4.78, 5) is 15.7. The van der Waals surface area contributed by atoms with Gasteiger partial charge in [-0.3, -0.25) is 4.79 Å². The van der Waals surface area contributed by atoms with Crippen LogP contribution in [0.5, 0.6) is 0 Å². The van der Waals surface area contributed by atoms with Crippen molar-refractivity contribution in [3.05, 3.63) is 0 Å². The maximum atomic E-state index is 11.8. The molecule has 0 aliphatic carbocycles. The Morgan fingerprint density at radius 1 is 1.20 bits per heavy atom. The molecule has 1 N–H and O–H groups in total. The van der Waals surface area contributed by atoms with Crippen LogP contribution in [0.3, 0.4) is 0 Å². The van der Waals surface area contributed by atoms with Crippen LogP contribution in [0.2, 0.25) is 0 Å². The number of rotatable bonds is 6. The van der Waals surface area contributed by atoms with E-state index in [1.807, 2.05) is 42.0 Å². The lowest BCUT2D eigenvalue weighted by atomic mass is 10.0. The van der Waals surface area contributed by atoms with Crippen molar-refractivity contribution in [3.63, 3.8) is 0 Å². The number of carbonyl (C=O) groups excluding carboxylic acids is 1. The molecule has 4 nitrogen and oxygen atoms in total. The molecule has 0 saturated carbocycles. The van der Waals surface area contributed by atoms with Crippen molar-refractivity contribution in [2.75, 3.05) is 41.3 Å². The van der Waals surface area contributed by atoms with Crippen molar-refractivity contribution in [3.8, 4) is 0 Å². The molecule has 1 amide bonds. The zero-order valence-electron chi connectivity index (χ0n) is 10.9. The first-order chi connectivity index (χ1) is 6.78. The minimum atomic E-state index is -0.122. The van der Waals surface area contributed by atoms with Gasteiger partial charge in [-0.2, -0.15) is 0 Å². The Bertz CT molecular complexity index is 202. The van der Waals surface area contributed by atoms with Crippen LogP contribution in [0.25, 0.3) is 0 Å². The summed E-state index contributed by atoms with van der Waals surface area (Å²) in [7, 11) is 7.76. The van der Waals surface area contributed by atoms with Gasteiger partial charge in [0.1, 0.15) is 0 Å². The van der Waals surface area contributed by atoms with Gasteiger partial charge < -0.3 is 15.1 Å². The molecule has 4 heteroatoms. The molecule has 0 saturated heterocycles. The highest BCUT2D eigenvalue weighted by atomic mass is 16.2. The van der Waals surface area contributed by atoms with E-state index < -0.39 is 0 Å². The monoisotopic (exact) mass is 215 g/mol. The SMILES string of the molecule is CNC(C)(C)CC(=O)N(C)CCN(C)C. The number of nitrogens with zero attached hydrogens (tertiary/aromatic N) is 2. The Hall–Kier alpha value is -0.610. The molecule has 0 fully saturated rings. The molecule has 0 aliphatic rings. The van der Waals surface area contributed by atoms with Gasteiger partial charge >= 0.3 is 0 Å². The molecule has 0 heterocycles. The molecule has 0 radical (unpaired) electrons. The summed E-state index contributed by atoms with van der Waals surface area (Å²) in [6.45, 7) is 5.75. The maximum Gasteiger partial charge on any atom is 0.224 e. The summed E-state index contributed by atoms with van der Waals surface area (Å²) in [5.74, 6) is 0.191. The van der Waals surface area contributed by atoms with Crippen LogP contribution in [0, 0.1) is 0 Å². The van der Waals surface area contributed by atoms with E-state index in [0.717, 1.165) is 13.1 Å². The summed E-state index contributed by atoms with van der Waals surface area (Å²) in [6, 6.07) is 0. The number of carbonyl (C=O) groups is 1. The van der Waals surface area contributed by atoms with Gasteiger partial charge in [-0.1, -0.05) is 0 Å². The number of likely N-dealkylation sites (N-methyl/N-ethyl adjacent to an activating group) is 2. The minimum absolute atomic E-state index is 0.122. The molecule has 15 heavy (non-hydrogen) atoms. The van der Waals surface area contributed by atoms with E-state index in [-0.39, 0.29) is 11.4 Å². The van der Waals surface area contributed by atoms with Gasteiger partial charge in [0, 0.05) is 32.1 Å². The largest absolute Gasteiger partial charge is 0.344 e. The second kappa shape index (κ2) is 6.08. The average Bonchev–Trinajstić information content (AvgIpc) is 2.13. The summed E-state index contributed by atoms with van der Waals surface area (Å²) in [6.07, 6.45) is 0.535. The lowest BCUT2D eigenvalue weighted by molar-refractivity contribution is -0.131. The Labute approximate surface area is 93.6 Å². The molecule has 0 spiro atoms. The van der Waals surface area contributed by atoms with Crippen LogP contribution < -0.4 is 5.32 Å². The molecule has 0 aromatic carbocycles. The van der Waals surface area contributed by atoms with Crippen molar-refractivity contribution in [1.29, 1.82) is 0 Å². The molecule has 0 aliphatic heterocycles. The maximum absolute atomic E-state index is 11.8. The topological polar surface area (TPSA) is 35.6 Å². The molecule has 0 unspecified atom stereocenters. The molecule has 0 atom stereocenters. The lowest BCUT2D eigenvalue weighted by Crippen LogP contribution is -2.43. The Morgan fingerprint density at radius 2 is 1.73 bits per heavy atom. The van der Waals surface area contributed by atoms with Crippen molar-refractivity contribution in [2.45, 2.75) is 25.8 Å². The highest BCUT2D eigenvalue weighted by Gasteiger charge is 2.21. The normalized spacial score (nSPS) is 11.9. The van der Waals surface area contributed by atoms with E-state index in [1.165, 1.54) is 0 Å². The number of nitrogens with one attached hydrogen (secondary N) is 1. The molecular formula is C11H25N3O. The van der Waals surface area contributed by atoms with Crippen LogP contribution in [0.15, 0.2) is 0 Å². The number of amides is 1. The average molecular weight is 215 g/mol. The fourth-order valence-corrected chi connectivity index (χ4v) is 1.08. The summed E-state index contributed by atoms with van der Waals surface area (Å²) in [5, 5.41) is 3.13. The second-order valence-corrected chi connectivity index (χ2v) is 4.93. The lowest BCUT2D eigenvalue weighted by Gasteiger charge is -2.27. The van der Waals surface area contributed by atoms with E-state index in [1.54, 1.807) is 4.90 Å². The van der Waals surface area contributed by atoms with Gasteiger partial charge in [-0.25, -0.2) is 0 Å². The van der Waals surface area contributed by atoms with Crippen LogP contribution >= 0.6 is 0 Å². The van der Waals surface area contributed by atoms with Gasteiger partial charge in [-0.05, 0) is 35.0 Å². The third-order valence-corrected chi connectivity index (χ3v) is 2.58. The third-order valence-electron chi connectivity index (χ3n) is 2.58. The fourth-order valence-electron chi connectivity index (χ4n) is 1.08. The molecule has 0 aromatic heterocycles. The highest BCUT2D eigenvalue weighted by molar-refractivity contribution is 5.77. The van der Waals surface area contributed by atoms with Gasteiger partial charge in [0.15, 0.2) is 0 Å².